The second kappa shape index (κ2) is 2.28. The highest BCUT2D eigenvalue weighted by atomic mass is 16.8. The molecular formula is C8H16N2O2. The van der Waals surface area contributed by atoms with Crippen molar-refractivity contribution < 1.29 is 9.47 Å². The summed E-state index contributed by atoms with van der Waals surface area (Å²) in [6.07, 6.45) is 0. The highest BCUT2D eigenvalue weighted by molar-refractivity contribution is 5.24. The Morgan fingerprint density at radius 1 is 1.08 bits per heavy atom. The van der Waals surface area contributed by atoms with Crippen LogP contribution in [0.3, 0.4) is 0 Å². The van der Waals surface area contributed by atoms with Crippen LogP contribution < -0.4 is 5.73 Å². The number of hydrogen-bond donors (Lipinski definition) is 1. The molecule has 0 radical (unpaired) electrons. The van der Waals surface area contributed by atoms with E-state index >= 15 is 0 Å². The molecule has 0 aromatic rings. The maximum absolute atomic E-state index is 5.64. The third kappa shape index (κ3) is 1.26. The molecule has 0 bridgehead atoms. The summed E-state index contributed by atoms with van der Waals surface area (Å²) in [7, 11) is 0. The van der Waals surface area contributed by atoms with Gasteiger partial charge in [0.2, 0.25) is 0 Å². The van der Waals surface area contributed by atoms with E-state index in [0.29, 0.717) is 0 Å². The van der Waals surface area contributed by atoms with Crippen molar-refractivity contribution >= 4 is 6.72 Å². The van der Waals surface area contributed by atoms with Crippen LogP contribution in [0.2, 0.25) is 0 Å². The number of aliphatic imine (C=N–C) groups is 1. The van der Waals surface area contributed by atoms with Crippen LogP contribution in [0.4, 0.5) is 0 Å². The van der Waals surface area contributed by atoms with E-state index in [1.165, 1.54) is 0 Å². The van der Waals surface area contributed by atoms with Gasteiger partial charge in [-0.3, -0.25) is 5.73 Å². The van der Waals surface area contributed by atoms with Crippen LogP contribution >= 0.6 is 0 Å². The topological polar surface area (TPSA) is 56.8 Å². The number of nitrogens with two attached hydrogens (primary N) is 1. The van der Waals surface area contributed by atoms with Gasteiger partial charge in [-0.05, 0) is 34.4 Å². The summed E-state index contributed by atoms with van der Waals surface area (Å²) >= 11 is 0. The van der Waals surface area contributed by atoms with E-state index in [0.717, 1.165) is 0 Å². The van der Waals surface area contributed by atoms with Gasteiger partial charge in [-0.15, -0.1) is 0 Å². The van der Waals surface area contributed by atoms with Gasteiger partial charge in [0, 0.05) is 0 Å². The summed E-state index contributed by atoms with van der Waals surface area (Å²) < 4.78 is 10.9. The molecule has 0 aliphatic carbocycles. The first-order valence-corrected chi connectivity index (χ1v) is 3.90. The molecule has 0 aromatic heterocycles. The Morgan fingerprint density at radius 3 is 1.58 bits per heavy atom. The van der Waals surface area contributed by atoms with E-state index in [4.69, 9.17) is 15.2 Å². The number of nitrogens with zero attached hydrogens (tertiary/aromatic N) is 1. The highest BCUT2D eigenvalue weighted by Gasteiger charge is 2.55. The minimum absolute atomic E-state index is 0.455. The van der Waals surface area contributed by atoms with Crippen molar-refractivity contribution in [3.05, 3.63) is 0 Å². The van der Waals surface area contributed by atoms with Crippen molar-refractivity contribution in [2.45, 2.75) is 44.9 Å². The van der Waals surface area contributed by atoms with Crippen molar-refractivity contribution in [1.29, 1.82) is 0 Å². The fourth-order valence-electron chi connectivity index (χ4n) is 1.06. The zero-order valence-corrected chi connectivity index (χ0v) is 8.05. The second-order valence-electron chi connectivity index (χ2n) is 4.01. The van der Waals surface area contributed by atoms with Crippen LogP contribution in [-0.2, 0) is 9.47 Å². The van der Waals surface area contributed by atoms with E-state index < -0.39 is 17.2 Å². The lowest BCUT2D eigenvalue weighted by molar-refractivity contribution is -0.179. The molecule has 0 atom stereocenters. The zero-order valence-electron chi connectivity index (χ0n) is 8.05. The Balaban J connectivity index is 2.95. The van der Waals surface area contributed by atoms with Crippen LogP contribution in [0.5, 0.6) is 0 Å². The summed E-state index contributed by atoms with van der Waals surface area (Å²) in [4.78, 5) is 3.59. The molecule has 1 saturated heterocycles. The first-order chi connectivity index (χ1) is 5.22. The summed E-state index contributed by atoms with van der Waals surface area (Å²) in [5, 5.41) is 0. The van der Waals surface area contributed by atoms with E-state index in [2.05, 4.69) is 11.7 Å². The van der Waals surface area contributed by atoms with Gasteiger partial charge >= 0.3 is 6.03 Å². The van der Waals surface area contributed by atoms with Gasteiger partial charge in [-0.2, -0.15) is 0 Å². The van der Waals surface area contributed by atoms with Crippen molar-refractivity contribution in [2.24, 2.45) is 10.7 Å². The second-order valence-corrected chi connectivity index (χ2v) is 4.01. The highest BCUT2D eigenvalue weighted by Crippen LogP contribution is 2.41. The van der Waals surface area contributed by atoms with Crippen molar-refractivity contribution in [1.82, 2.24) is 0 Å². The smallest absolute Gasteiger partial charge is 0.310 e. The van der Waals surface area contributed by atoms with Gasteiger partial charge < -0.3 is 9.47 Å². The van der Waals surface area contributed by atoms with Crippen molar-refractivity contribution in [3.8, 4) is 0 Å². The van der Waals surface area contributed by atoms with Crippen molar-refractivity contribution in [3.63, 3.8) is 0 Å². The van der Waals surface area contributed by atoms with E-state index in [-0.39, 0.29) is 0 Å². The quantitative estimate of drug-likeness (QED) is 0.597. The Bertz CT molecular complexity index is 195. The SMILES string of the molecule is C=NC1(N)OC(C)(C)C(C)(C)O1. The summed E-state index contributed by atoms with van der Waals surface area (Å²) in [6.45, 7) is 11.0. The summed E-state index contributed by atoms with van der Waals surface area (Å²) in [5.41, 5.74) is 4.73. The lowest BCUT2D eigenvalue weighted by Gasteiger charge is -2.29. The lowest BCUT2D eigenvalue weighted by atomic mass is 9.90. The van der Waals surface area contributed by atoms with Gasteiger partial charge in [0.1, 0.15) is 0 Å². The van der Waals surface area contributed by atoms with Gasteiger partial charge in [0.15, 0.2) is 0 Å². The van der Waals surface area contributed by atoms with Crippen LogP contribution in [0.1, 0.15) is 27.7 Å². The predicted octanol–water partition coefficient (Wildman–Crippen LogP) is 0.861. The molecular weight excluding hydrogens is 156 g/mol. The molecule has 4 nitrogen and oxygen atoms in total. The predicted molar refractivity (Wildman–Crippen MR) is 46.8 cm³/mol. The molecule has 1 heterocycles. The average Bonchev–Trinajstić information content (AvgIpc) is 1.99. The molecule has 1 rings (SSSR count). The third-order valence-electron chi connectivity index (χ3n) is 2.47. The monoisotopic (exact) mass is 172 g/mol. The molecule has 4 heteroatoms. The fraction of sp³-hybridized carbons (Fsp3) is 0.875. The first kappa shape index (κ1) is 9.64. The molecule has 1 aliphatic heterocycles. The molecule has 1 fully saturated rings. The molecule has 0 amide bonds. The third-order valence-corrected chi connectivity index (χ3v) is 2.47. The molecule has 1 aliphatic rings. The molecule has 0 saturated carbocycles. The fourth-order valence-corrected chi connectivity index (χ4v) is 1.06. The maximum atomic E-state index is 5.64. The van der Waals surface area contributed by atoms with E-state index in [1.807, 2.05) is 27.7 Å². The summed E-state index contributed by atoms with van der Waals surface area (Å²) in [5.74, 6) is 0. The lowest BCUT2D eigenvalue weighted by Crippen LogP contribution is -2.41. The molecule has 12 heavy (non-hydrogen) atoms. The first-order valence-electron chi connectivity index (χ1n) is 3.90. The molecule has 0 spiro atoms. The normalized spacial score (nSPS) is 30.1. The van der Waals surface area contributed by atoms with Gasteiger partial charge in [-0.25, -0.2) is 4.99 Å². The molecule has 0 aromatic carbocycles. The van der Waals surface area contributed by atoms with Crippen LogP contribution in [0.15, 0.2) is 4.99 Å². The van der Waals surface area contributed by atoms with Gasteiger partial charge in [0.25, 0.3) is 0 Å². The van der Waals surface area contributed by atoms with E-state index in [9.17, 15) is 0 Å². The Hall–Kier alpha value is -0.450. The van der Waals surface area contributed by atoms with Crippen LogP contribution in [0, 0.1) is 0 Å². The number of rotatable bonds is 1. The van der Waals surface area contributed by atoms with Crippen LogP contribution in [0.25, 0.3) is 0 Å². The summed E-state index contributed by atoms with van der Waals surface area (Å²) in [6, 6.07) is -1.38. The molecule has 70 valence electrons. The Kier molecular flexibility index (Phi) is 1.83. The molecule has 0 unspecified atom stereocenters. The largest absolute Gasteiger partial charge is 0.333 e. The maximum Gasteiger partial charge on any atom is 0.333 e. The van der Waals surface area contributed by atoms with E-state index in [1.54, 1.807) is 0 Å². The Morgan fingerprint density at radius 2 is 1.42 bits per heavy atom. The number of ether oxygens (including phenoxy) is 2. The molecule has 2 N–H and O–H groups in total. The standard InChI is InChI=1S/C8H16N2O2/c1-6(2)7(3,4)12-8(9,10-5)11-6/h5,9H2,1-4H3. The van der Waals surface area contributed by atoms with Crippen molar-refractivity contribution in [2.75, 3.05) is 0 Å². The van der Waals surface area contributed by atoms with Crippen LogP contribution in [-0.4, -0.2) is 24.0 Å². The average molecular weight is 172 g/mol. The zero-order chi connectivity index (χ0) is 9.62. The minimum atomic E-state index is -1.38. The Labute approximate surface area is 72.8 Å². The van der Waals surface area contributed by atoms with Gasteiger partial charge in [0.05, 0.1) is 11.2 Å². The minimum Gasteiger partial charge on any atom is -0.310 e. The van der Waals surface area contributed by atoms with Gasteiger partial charge in [-0.1, -0.05) is 0 Å². The number of hydrogen-bond acceptors (Lipinski definition) is 4.